The minimum Gasteiger partial charge on any atom is -0.451 e. The van der Waals surface area contributed by atoms with E-state index in [0.29, 0.717) is 16.8 Å². The summed E-state index contributed by atoms with van der Waals surface area (Å²) in [5, 5.41) is 0. The van der Waals surface area contributed by atoms with Gasteiger partial charge in [-0.15, -0.1) is 0 Å². The van der Waals surface area contributed by atoms with E-state index in [1.54, 1.807) is 18.2 Å². The molecular weight excluding hydrogens is 305 g/mol. The van der Waals surface area contributed by atoms with Crippen LogP contribution in [0.25, 0.3) is 22.4 Å². The van der Waals surface area contributed by atoms with Crippen molar-refractivity contribution in [2.45, 2.75) is 26.2 Å². The molecule has 0 aliphatic carbocycles. The maximum Gasteiger partial charge on any atom is 0.220 e. The molecule has 0 radical (unpaired) electrons. The van der Waals surface area contributed by atoms with E-state index in [0.717, 1.165) is 11.1 Å². The fourth-order valence-corrected chi connectivity index (χ4v) is 2.57. The molecule has 0 unspecified atom stereocenters. The average molecular weight is 323 g/mol. The van der Waals surface area contributed by atoms with Crippen molar-refractivity contribution in [1.29, 1.82) is 0 Å². The Morgan fingerprint density at radius 1 is 1.21 bits per heavy atom. The van der Waals surface area contributed by atoms with Crippen molar-refractivity contribution >= 4 is 16.9 Å². The van der Waals surface area contributed by atoms with Crippen molar-refractivity contribution in [3.05, 3.63) is 66.2 Å². The fraction of sp³-hybridized carbons (Fsp3) is 0.200. The van der Waals surface area contributed by atoms with E-state index in [1.807, 2.05) is 6.07 Å². The molecule has 0 saturated heterocycles. The van der Waals surface area contributed by atoms with Crippen LogP contribution in [0.4, 0.5) is 4.39 Å². The minimum atomic E-state index is -0.293. The zero-order valence-electron chi connectivity index (χ0n) is 13.9. The van der Waals surface area contributed by atoms with Crippen LogP contribution in [0.1, 0.15) is 36.9 Å². The van der Waals surface area contributed by atoms with E-state index in [1.165, 1.54) is 18.2 Å². The molecule has 0 fully saturated rings. The van der Waals surface area contributed by atoms with E-state index in [4.69, 9.17) is 4.42 Å². The van der Waals surface area contributed by atoms with Crippen LogP contribution in [-0.4, -0.2) is 10.8 Å². The highest BCUT2D eigenvalue weighted by Crippen LogP contribution is 2.34. The van der Waals surface area contributed by atoms with Crippen molar-refractivity contribution in [2.24, 2.45) is 0 Å². The van der Waals surface area contributed by atoms with Crippen LogP contribution >= 0.6 is 0 Å². The molecular formula is C20H18FNO2. The number of hydrogen-bond acceptors (Lipinski definition) is 3. The first-order valence-electron chi connectivity index (χ1n) is 7.67. The third kappa shape index (κ3) is 2.87. The van der Waals surface area contributed by atoms with Crippen LogP contribution in [0.3, 0.4) is 0 Å². The molecule has 3 aromatic rings. The van der Waals surface area contributed by atoms with Gasteiger partial charge in [-0.25, -0.2) is 9.37 Å². The van der Waals surface area contributed by atoms with Crippen LogP contribution in [-0.2, 0) is 5.41 Å². The van der Waals surface area contributed by atoms with Gasteiger partial charge in [0.15, 0.2) is 11.3 Å². The second-order valence-electron chi connectivity index (χ2n) is 6.71. The van der Waals surface area contributed by atoms with E-state index < -0.39 is 0 Å². The molecule has 122 valence electrons. The number of rotatable bonds is 3. The molecule has 0 bridgehead atoms. The summed E-state index contributed by atoms with van der Waals surface area (Å²) >= 11 is 0. The largest absolute Gasteiger partial charge is 0.451 e. The number of benzene rings is 1. The zero-order valence-corrected chi connectivity index (χ0v) is 13.9. The smallest absolute Gasteiger partial charge is 0.220 e. The van der Waals surface area contributed by atoms with Gasteiger partial charge in [-0.3, -0.25) is 4.79 Å². The Morgan fingerprint density at radius 2 is 1.88 bits per heavy atom. The SMILES string of the molecule is C=CC(=O)c1cc2nc(-c3ccc(F)cc3)cc(C(C)(C)C)c2o1. The van der Waals surface area contributed by atoms with Crippen LogP contribution in [0.5, 0.6) is 0 Å². The van der Waals surface area contributed by atoms with Crippen molar-refractivity contribution in [3.8, 4) is 11.3 Å². The molecule has 1 aromatic carbocycles. The fourth-order valence-electron chi connectivity index (χ4n) is 2.57. The van der Waals surface area contributed by atoms with Gasteiger partial charge in [0.05, 0.1) is 5.69 Å². The highest BCUT2D eigenvalue weighted by Gasteiger charge is 2.23. The first-order valence-corrected chi connectivity index (χ1v) is 7.67. The standard InChI is InChI=1S/C20H18FNO2/c1-5-17(23)18-11-16-19(24-18)14(20(2,3)4)10-15(22-16)12-6-8-13(21)9-7-12/h5-11H,1H2,2-4H3. The quantitative estimate of drug-likeness (QED) is 0.485. The molecule has 0 saturated carbocycles. The highest BCUT2D eigenvalue weighted by molar-refractivity contribution is 6.04. The van der Waals surface area contributed by atoms with Crippen LogP contribution in [0.15, 0.2) is 53.5 Å². The van der Waals surface area contributed by atoms with Gasteiger partial charge in [0, 0.05) is 17.2 Å². The monoisotopic (exact) mass is 323 g/mol. The zero-order chi connectivity index (χ0) is 17.5. The summed E-state index contributed by atoms with van der Waals surface area (Å²) in [6.45, 7) is 9.68. The van der Waals surface area contributed by atoms with Gasteiger partial charge in [-0.2, -0.15) is 0 Å². The lowest BCUT2D eigenvalue weighted by molar-refractivity contribution is 0.102. The third-order valence-corrected chi connectivity index (χ3v) is 3.86. The number of carbonyl (C=O) groups excluding carboxylic acids is 1. The number of hydrogen-bond donors (Lipinski definition) is 0. The van der Waals surface area contributed by atoms with Gasteiger partial charge in [-0.05, 0) is 41.8 Å². The lowest BCUT2D eigenvalue weighted by Crippen LogP contribution is -2.12. The summed E-state index contributed by atoms with van der Waals surface area (Å²) in [5.41, 5.74) is 3.45. The molecule has 2 aromatic heterocycles. The van der Waals surface area contributed by atoms with Gasteiger partial charge in [-0.1, -0.05) is 27.4 Å². The maximum absolute atomic E-state index is 13.2. The maximum atomic E-state index is 13.2. The Hall–Kier alpha value is -2.75. The summed E-state index contributed by atoms with van der Waals surface area (Å²) in [4.78, 5) is 16.4. The number of halogens is 1. The number of nitrogens with zero attached hydrogens (tertiary/aromatic N) is 1. The van der Waals surface area contributed by atoms with Gasteiger partial charge >= 0.3 is 0 Å². The van der Waals surface area contributed by atoms with E-state index >= 15 is 0 Å². The summed E-state index contributed by atoms with van der Waals surface area (Å²) in [5.74, 6) is -0.358. The number of allylic oxidation sites excluding steroid dienone is 1. The molecule has 3 nitrogen and oxygen atoms in total. The molecule has 4 heteroatoms. The molecule has 0 atom stereocenters. The lowest BCUT2D eigenvalue weighted by Gasteiger charge is -2.20. The lowest BCUT2D eigenvalue weighted by atomic mass is 9.86. The normalized spacial score (nSPS) is 11.7. The van der Waals surface area contributed by atoms with Crippen molar-refractivity contribution in [2.75, 3.05) is 0 Å². The Balaban J connectivity index is 2.27. The molecule has 3 rings (SSSR count). The van der Waals surface area contributed by atoms with Crippen molar-refractivity contribution in [1.82, 2.24) is 4.98 Å². The third-order valence-electron chi connectivity index (χ3n) is 3.86. The molecule has 0 N–H and O–H groups in total. The van der Waals surface area contributed by atoms with Crippen LogP contribution < -0.4 is 0 Å². The first-order chi connectivity index (χ1) is 11.3. The molecule has 0 spiro atoms. The van der Waals surface area contributed by atoms with Crippen LogP contribution in [0, 0.1) is 5.82 Å². The van der Waals surface area contributed by atoms with Gasteiger partial charge in [0.2, 0.25) is 5.78 Å². The van der Waals surface area contributed by atoms with Crippen molar-refractivity contribution in [3.63, 3.8) is 0 Å². The topological polar surface area (TPSA) is 43.1 Å². The number of pyridine rings is 1. The Morgan fingerprint density at radius 3 is 2.46 bits per heavy atom. The molecule has 0 aliphatic heterocycles. The number of ketones is 1. The number of carbonyl (C=O) groups is 1. The van der Waals surface area contributed by atoms with Gasteiger partial charge < -0.3 is 4.42 Å². The molecule has 2 heterocycles. The Bertz CT molecular complexity index is 931. The van der Waals surface area contributed by atoms with Crippen LogP contribution in [0.2, 0.25) is 0 Å². The predicted octanol–water partition coefficient (Wildman–Crippen LogP) is 5.30. The Kier molecular flexibility index (Phi) is 3.84. The second kappa shape index (κ2) is 5.71. The summed E-state index contributed by atoms with van der Waals surface area (Å²) in [7, 11) is 0. The molecule has 0 amide bonds. The van der Waals surface area contributed by atoms with E-state index in [9.17, 15) is 9.18 Å². The average Bonchev–Trinajstić information content (AvgIpc) is 2.96. The van der Waals surface area contributed by atoms with E-state index in [2.05, 4.69) is 32.3 Å². The summed E-state index contributed by atoms with van der Waals surface area (Å²) in [6, 6.07) is 9.74. The minimum absolute atomic E-state index is 0.206. The van der Waals surface area contributed by atoms with Gasteiger partial charge in [0.1, 0.15) is 11.3 Å². The number of fused-ring (bicyclic) bond motifs is 1. The molecule has 0 aliphatic rings. The van der Waals surface area contributed by atoms with Crippen molar-refractivity contribution < 1.29 is 13.6 Å². The number of aromatic nitrogens is 1. The Labute approximate surface area is 139 Å². The highest BCUT2D eigenvalue weighted by atomic mass is 19.1. The van der Waals surface area contributed by atoms with Gasteiger partial charge in [0.25, 0.3) is 0 Å². The molecule has 24 heavy (non-hydrogen) atoms. The number of furan rings is 1. The summed E-state index contributed by atoms with van der Waals surface area (Å²) in [6.07, 6.45) is 1.22. The first kappa shape index (κ1) is 16.1. The van der Waals surface area contributed by atoms with E-state index in [-0.39, 0.29) is 22.8 Å². The summed E-state index contributed by atoms with van der Waals surface area (Å²) < 4.78 is 18.9. The predicted molar refractivity (Wildman–Crippen MR) is 92.6 cm³/mol. The second-order valence-corrected chi connectivity index (χ2v) is 6.71.